The van der Waals surface area contributed by atoms with Gasteiger partial charge in [0, 0.05) is 6.42 Å². The van der Waals surface area contributed by atoms with Crippen molar-refractivity contribution in [3.8, 4) is 0 Å². The Morgan fingerprint density at radius 1 is 0.400 bits per heavy atom. The van der Waals surface area contributed by atoms with Gasteiger partial charge in [-0.3, -0.25) is 28.8 Å². The van der Waals surface area contributed by atoms with E-state index in [0.717, 1.165) is 12.8 Å². The number of rotatable bonds is 29. The fraction of sp³-hybridized carbons (Fsp3) is 0.928. The van der Waals surface area contributed by atoms with Gasteiger partial charge in [0.1, 0.15) is 135 Å². The van der Waals surface area contributed by atoms with Crippen LogP contribution in [0.2, 0.25) is 0 Å². The zero-order valence-corrected chi connectivity index (χ0v) is 73.4. The Morgan fingerprint density at radius 2 is 0.904 bits per heavy atom. The second-order valence-corrected chi connectivity index (χ2v) is 34.4. The summed E-state index contributed by atoms with van der Waals surface area (Å²) in [5, 5.41) is 184. The van der Waals surface area contributed by atoms with Gasteiger partial charge in [0.2, 0.25) is 0 Å². The van der Waals surface area contributed by atoms with Gasteiger partial charge < -0.3 is 176 Å². The highest BCUT2D eigenvalue weighted by molar-refractivity contribution is 5.75. The number of carbonyl (C=O) groups is 6. The van der Waals surface area contributed by atoms with Gasteiger partial charge in [0.15, 0.2) is 74.6 Å². The Kier molecular flexibility index (Phi) is 42.3. The molecule has 125 heavy (non-hydrogen) atoms. The van der Waals surface area contributed by atoms with Gasteiger partial charge in [-0.2, -0.15) is 0 Å². The van der Waals surface area contributed by atoms with Crippen LogP contribution < -0.4 is 0 Å². The van der Waals surface area contributed by atoms with Crippen molar-refractivity contribution < 1.29 is 205 Å². The molecule has 42 heteroatoms. The fourth-order valence-electron chi connectivity index (χ4n) is 15.3. The number of esters is 6. The molecule has 16 N–H and O–H groups in total. The monoisotopic (exact) mass is 1810 g/mol. The molecule has 724 valence electrons. The van der Waals surface area contributed by atoms with Crippen LogP contribution in [0.15, 0.2) is 0 Å². The topological polar surface area (TPSA) is 611 Å². The summed E-state index contributed by atoms with van der Waals surface area (Å²) in [6.45, 7) is 14.4. The first-order valence-electron chi connectivity index (χ1n) is 44.3. The minimum Gasteiger partial charge on any atom is -0.463 e. The molecular weight excluding hydrogens is 1670 g/mol. The van der Waals surface area contributed by atoms with Crippen LogP contribution >= 0.6 is 0 Å². The molecular formula is C83H140O42. The van der Waals surface area contributed by atoms with E-state index in [1.165, 1.54) is 62.3 Å². The van der Waals surface area contributed by atoms with Crippen molar-refractivity contribution in [2.45, 2.75) is 426 Å². The van der Waals surface area contributed by atoms with Gasteiger partial charge in [-0.15, -0.1) is 0 Å². The van der Waals surface area contributed by atoms with Crippen LogP contribution in [0.3, 0.4) is 0 Å². The SMILES string of the molecule is CCCCC[C@H]1CCCCCCCCCC(=O)OC2C(OCC3OC(OC4C(O)C(COC(=O)[C@H](C)[C@@H](C)O)OC(OC5C(OC(C)C(O)C5O)O1)C4OC1OC(C)C(OC(=O)[C@H](C)CC)C(OC4OC(CO)C(O)C(O)C4O)C1OC(=O)[C@@H](C)CC)C(O)C(OC(=O)[C@@H](C)[C@@H](C)O)C3OC(=O)[C@@H](C)CC)OC(COC1OC(CO)C(O)C(O)C1O)C(O)C2O. The molecule has 0 aliphatic carbocycles. The third-order valence-corrected chi connectivity index (χ3v) is 24.9. The number of carbonyl (C=O) groups excluding carboxylic acids is 6. The number of aliphatic hydroxyl groups excluding tert-OH is 16. The van der Waals surface area contributed by atoms with Crippen molar-refractivity contribution in [3.05, 3.63) is 0 Å². The minimum absolute atomic E-state index is 0.0902. The Hall–Kier alpha value is -4.38. The van der Waals surface area contributed by atoms with E-state index in [4.69, 9.17) is 94.7 Å². The van der Waals surface area contributed by atoms with Crippen LogP contribution in [0.5, 0.6) is 0 Å². The summed E-state index contributed by atoms with van der Waals surface area (Å²) >= 11 is 0. The molecule has 0 amide bonds. The van der Waals surface area contributed by atoms with Gasteiger partial charge >= 0.3 is 35.8 Å². The number of aliphatic hydroxyl groups is 16. The number of fused-ring (bicyclic) bond motifs is 6. The Labute approximate surface area is 727 Å². The van der Waals surface area contributed by atoms with E-state index in [1.807, 2.05) is 6.92 Å². The molecule has 8 rings (SSSR count). The van der Waals surface area contributed by atoms with Crippen molar-refractivity contribution in [1.29, 1.82) is 0 Å². The summed E-state index contributed by atoms with van der Waals surface area (Å²) in [7, 11) is 0. The summed E-state index contributed by atoms with van der Waals surface area (Å²) in [4.78, 5) is 86.2. The average Bonchev–Trinajstić information content (AvgIpc) is 0.756. The fourth-order valence-corrected chi connectivity index (χ4v) is 15.3. The quantitative estimate of drug-likeness (QED) is 0.0214. The van der Waals surface area contributed by atoms with E-state index in [1.54, 1.807) is 20.8 Å². The smallest absolute Gasteiger partial charge is 0.311 e. The Bertz CT molecular complexity index is 3250. The maximum atomic E-state index is 14.8. The number of ether oxygens (including phenoxy) is 20. The highest BCUT2D eigenvalue weighted by atomic mass is 16.8. The highest BCUT2D eigenvalue weighted by Crippen LogP contribution is 2.42. The molecule has 8 aliphatic heterocycles. The van der Waals surface area contributed by atoms with Crippen LogP contribution in [-0.2, 0) is 124 Å². The van der Waals surface area contributed by atoms with Crippen LogP contribution in [-0.4, -0.2) is 384 Å². The normalized spacial score (nSPS) is 41.8. The molecule has 8 fully saturated rings. The highest BCUT2D eigenvalue weighted by Gasteiger charge is 2.62. The maximum Gasteiger partial charge on any atom is 0.311 e. The lowest BCUT2D eigenvalue weighted by atomic mass is 9.94. The third kappa shape index (κ3) is 27.4. The number of hydrogen-bond acceptors (Lipinski definition) is 42. The summed E-state index contributed by atoms with van der Waals surface area (Å²) in [6.07, 6.45) is -67.0. The summed E-state index contributed by atoms with van der Waals surface area (Å²) in [5.41, 5.74) is 0. The molecule has 0 radical (unpaired) electrons. The van der Waals surface area contributed by atoms with E-state index in [2.05, 4.69) is 0 Å². The van der Waals surface area contributed by atoms with Gasteiger partial charge in [-0.1, -0.05) is 106 Å². The molecule has 0 saturated carbocycles. The lowest BCUT2D eigenvalue weighted by Gasteiger charge is -2.52. The molecule has 0 aromatic heterocycles. The first kappa shape index (κ1) is 106. The predicted octanol–water partition coefficient (Wildman–Crippen LogP) is -2.25. The summed E-state index contributed by atoms with van der Waals surface area (Å²) in [6, 6.07) is 0. The van der Waals surface area contributed by atoms with Crippen molar-refractivity contribution in [2.24, 2.45) is 29.6 Å². The van der Waals surface area contributed by atoms with E-state index in [9.17, 15) is 110 Å². The van der Waals surface area contributed by atoms with E-state index >= 15 is 0 Å². The maximum absolute atomic E-state index is 14.8. The van der Waals surface area contributed by atoms with Crippen LogP contribution in [0.1, 0.15) is 193 Å². The van der Waals surface area contributed by atoms with E-state index in [-0.39, 0.29) is 32.1 Å². The zero-order valence-electron chi connectivity index (χ0n) is 73.4. The molecule has 42 nitrogen and oxygen atoms in total. The molecule has 8 saturated heterocycles. The second kappa shape index (κ2) is 49.9. The van der Waals surface area contributed by atoms with Crippen molar-refractivity contribution in [3.63, 3.8) is 0 Å². The van der Waals surface area contributed by atoms with Crippen LogP contribution in [0.4, 0.5) is 0 Å². The first-order chi connectivity index (χ1) is 59.2. The Balaban J connectivity index is 1.37. The second-order valence-electron chi connectivity index (χ2n) is 34.4. The van der Waals surface area contributed by atoms with Crippen LogP contribution in [0.25, 0.3) is 0 Å². The molecule has 43 atom stereocenters. The number of hydrogen-bond donors (Lipinski definition) is 16. The minimum atomic E-state index is -2.53. The van der Waals surface area contributed by atoms with Gasteiger partial charge in [0.25, 0.3) is 0 Å². The van der Waals surface area contributed by atoms with Crippen molar-refractivity contribution >= 4 is 35.8 Å². The average molecular weight is 1810 g/mol. The standard InChI is InChI=1S/C83H140O42/c1-14-18-24-27-44-28-25-22-20-19-21-23-26-29-50(88)117-67-59(97)54(92)47(33-107-77-60(98)56(94)52(90)45(30-84)112-77)114-80(67)108-34-49-64(119-73(102)36(6)16-3)66(120-76(105)39(9)41(11)87)62(100)79(116-49)122-65-55(93)48(32-106-75(104)38(8)40(10)86)115-83(123-68-58(96)51(89)42(12)109-81(68)111-44)70(65)125-82-71(121-74(103)37(7)17-4)69(63(43(13)110-82)118-72(101)35(5)15-2)124-78-61(99)57(95)53(91)46(31-85)113-78/h35-49,51-71,77-87,89-100H,14-34H2,1-13H3/t35-,36+,37+,38-,39+,40-,41-,42?,43?,44+,45?,46?,47?,48?,49?,51?,52?,53?,54?,55?,56?,57?,58?,59?,60?,61?,62?,63?,64?,65?,66?,67?,68?,69?,70?,71?,77?,78?,79?,80?,81?,82?,83?/m1/s1. The van der Waals surface area contributed by atoms with Crippen molar-refractivity contribution in [1.82, 2.24) is 0 Å². The third-order valence-electron chi connectivity index (χ3n) is 24.9. The van der Waals surface area contributed by atoms with Gasteiger partial charge in [-0.25, -0.2) is 0 Å². The lowest BCUT2D eigenvalue weighted by molar-refractivity contribution is -0.414. The molecule has 0 aromatic rings. The number of unbranched alkanes of at least 4 members (excludes halogenated alkanes) is 2. The molecule has 0 aromatic carbocycles. The summed E-state index contributed by atoms with van der Waals surface area (Å²) in [5.74, 6) is -11.8. The summed E-state index contributed by atoms with van der Waals surface area (Å²) < 4.78 is 127. The molecule has 4 bridgehead atoms. The first-order valence-corrected chi connectivity index (χ1v) is 44.3. The zero-order chi connectivity index (χ0) is 92.3. The molecule has 8 heterocycles. The molecule has 0 spiro atoms. The molecule has 35 unspecified atom stereocenters. The largest absolute Gasteiger partial charge is 0.463 e. The van der Waals surface area contributed by atoms with E-state index < -0.39 is 332 Å². The van der Waals surface area contributed by atoms with Gasteiger partial charge in [0.05, 0.1) is 86.5 Å². The van der Waals surface area contributed by atoms with Crippen LogP contribution in [0, 0.1) is 29.6 Å². The van der Waals surface area contributed by atoms with Gasteiger partial charge in [-0.05, 0) is 80.1 Å². The van der Waals surface area contributed by atoms with Crippen molar-refractivity contribution in [2.75, 3.05) is 33.0 Å². The predicted molar refractivity (Wildman–Crippen MR) is 421 cm³/mol. The Morgan fingerprint density at radius 3 is 1.49 bits per heavy atom. The lowest BCUT2D eigenvalue weighted by Crippen LogP contribution is -2.70. The molecule has 8 aliphatic rings. The van der Waals surface area contributed by atoms with E-state index in [0.29, 0.717) is 57.8 Å².